The Morgan fingerprint density at radius 2 is 1.10 bits per heavy atom. The van der Waals surface area contributed by atoms with Crippen LogP contribution in [0.25, 0.3) is 0 Å². The van der Waals surface area contributed by atoms with Gasteiger partial charge in [0.2, 0.25) is 23.6 Å². The van der Waals surface area contributed by atoms with Crippen molar-refractivity contribution in [3.05, 3.63) is 0 Å². The maximum absolute atomic E-state index is 12.7. The number of carboxylic acid groups (broad SMARTS) is 1. The summed E-state index contributed by atoms with van der Waals surface area (Å²) in [5.74, 6) is -3.36. The Morgan fingerprint density at radius 3 is 1.55 bits per heavy atom. The molecule has 0 heterocycles. The number of hydrogen-bond acceptors (Lipinski definition) is 6. The molecule has 11 nitrogen and oxygen atoms in total. The van der Waals surface area contributed by atoms with Crippen LogP contribution >= 0.6 is 0 Å². The molecule has 0 saturated heterocycles. The molecule has 0 aromatic heterocycles. The molecule has 0 rings (SSSR count). The fourth-order valence-corrected chi connectivity index (χ4v) is 2.73. The first-order valence-electron chi connectivity index (χ1n) is 10.4. The lowest BCUT2D eigenvalue weighted by atomic mass is 10.0. The van der Waals surface area contributed by atoms with Gasteiger partial charge in [-0.2, -0.15) is 0 Å². The molecule has 0 unspecified atom stereocenters. The molecule has 0 radical (unpaired) electrons. The normalized spacial score (nSPS) is 14.9. The first-order valence-corrected chi connectivity index (χ1v) is 10.4. The zero-order chi connectivity index (χ0) is 24.3. The predicted molar refractivity (Wildman–Crippen MR) is 115 cm³/mol. The molecule has 7 N–H and O–H groups in total. The molecule has 0 aliphatic rings. The van der Waals surface area contributed by atoms with Gasteiger partial charge in [0.1, 0.15) is 24.2 Å². The minimum absolute atomic E-state index is 0.0424. The van der Waals surface area contributed by atoms with E-state index in [4.69, 9.17) is 5.73 Å². The highest BCUT2D eigenvalue weighted by Gasteiger charge is 2.29. The molecule has 0 aliphatic heterocycles. The van der Waals surface area contributed by atoms with Crippen LogP contribution in [0.2, 0.25) is 0 Å². The molecule has 0 spiro atoms. The summed E-state index contributed by atoms with van der Waals surface area (Å²) < 4.78 is 0. The van der Waals surface area contributed by atoms with Crippen molar-refractivity contribution >= 4 is 29.6 Å². The van der Waals surface area contributed by atoms with Crippen molar-refractivity contribution in [1.29, 1.82) is 0 Å². The van der Waals surface area contributed by atoms with E-state index < -0.39 is 53.8 Å². The van der Waals surface area contributed by atoms with Crippen molar-refractivity contribution in [2.75, 3.05) is 6.54 Å². The number of aliphatic carboxylic acids is 1. The third kappa shape index (κ3) is 11.3. The second-order valence-corrected chi connectivity index (χ2v) is 8.44. The number of amides is 4. The number of hydrogen-bond donors (Lipinski definition) is 6. The van der Waals surface area contributed by atoms with Crippen LogP contribution in [0.5, 0.6) is 0 Å². The standard InChI is InChI=1S/C20H37N5O6/c1-10(2)7-14(19(29)25-15(20(30)31)8-11(3)4)24-18(28)13(6)23-17(27)12(5)22-16(26)9-21/h10-15H,7-9,21H2,1-6H3,(H,22,26)(H,23,27)(H,24,28)(H,25,29)(H,30,31)/t12-,13-,14-,15-/m0/s1. The van der Waals surface area contributed by atoms with Gasteiger partial charge in [0, 0.05) is 0 Å². The molecule has 0 aromatic carbocycles. The highest BCUT2D eigenvalue weighted by molar-refractivity contribution is 5.94. The number of carbonyl (C=O) groups is 5. The molecule has 0 aliphatic carbocycles. The fraction of sp³-hybridized carbons (Fsp3) is 0.750. The van der Waals surface area contributed by atoms with E-state index >= 15 is 0 Å². The SMILES string of the molecule is CC(C)C[C@H](NC(=O)[C@H](CC(C)C)NC(=O)[C@H](C)NC(=O)[C@H](C)NC(=O)CN)C(=O)O. The van der Waals surface area contributed by atoms with Crippen LogP contribution in [0.1, 0.15) is 54.4 Å². The Bertz CT molecular complexity index is 652. The molecule has 0 saturated carbocycles. The molecule has 0 aromatic rings. The van der Waals surface area contributed by atoms with Gasteiger partial charge < -0.3 is 32.1 Å². The van der Waals surface area contributed by atoms with Crippen molar-refractivity contribution in [3.63, 3.8) is 0 Å². The molecular formula is C20H37N5O6. The maximum Gasteiger partial charge on any atom is 0.326 e. The van der Waals surface area contributed by atoms with Gasteiger partial charge in [-0.25, -0.2) is 4.79 Å². The maximum atomic E-state index is 12.7. The van der Waals surface area contributed by atoms with Gasteiger partial charge in [-0.15, -0.1) is 0 Å². The quantitative estimate of drug-likeness (QED) is 0.213. The van der Waals surface area contributed by atoms with Crippen molar-refractivity contribution in [3.8, 4) is 0 Å². The van der Waals surface area contributed by atoms with Crippen molar-refractivity contribution in [2.24, 2.45) is 17.6 Å². The van der Waals surface area contributed by atoms with E-state index in [1.165, 1.54) is 13.8 Å². The molecule has 178 valence electrons. The van der Waals surface area contributed by atoms with Crippen LogP contribution in [0.4, 0.5) is 0 Å². The topological polar surface area (TPSA) is 180 Å². The number of nitrogens with one attached hydrogen (secondary N) is 4. The summed E-state index contributed by atoms with van der Waals surface area (Å²) in [5, 5.41) is 19.2. The highest BCUT2D eigenvalue weighted by Crippen LogP contribution is 2.09. The average molecular weight is 444 g/mol. The number of carboxylic acids is 1. The molecule has 0 bridgehead atoms. The lowest BCUT2D eigenvalue weighted by Crippen LogP contribution is -2.57. The van der Waals surface area contributed by atoms with E-state index in [1.54, 1.807) is 0 Å². The smallest absolute Gasteiger partial charge is 0.326 e. The summed E-state index contributed by atoms with van der Waals surface area (Å²) in [4.78, 5) is 60.1. The Kier molecular flexibility index (Phi) is 12.4. The van der Waals surface area contributed by atoms with Gasteiger partial charge in [0.15, 0.2) is 0 Å². The molecule has 4 atom stereocenters. The minimum Gasteiger partial charge on any atom is -0.480 e. The number of nitrogens with two attached hydrogens (primary N) is 1. The van der Waals surface area contributed by atoms with Crippen molar-refractivity contribution < 1.29 is 29.1 Å². The monoisotopic (exact) mass is 443 g/mol. The number of rotatable bonds is 13. The van der Waals surface area contributed by atoms with Gasteiger partial charge in [0.05, 0.1) is 6.54 Å². The minimum atomic E-state index is -1.15. The summed E-state index contributed by atoms with van der Waals surface area (Å²) in [7, 11) is 0. The third-order valence-electron chi connectivity index (χ3n) is 4.37. The van der Waals surface area contributed by atoms with Gasteiger partial charge in [-0.3, -0.25) is 19.2 Å². The zero-order valence-electron chi connectivity index (χ0n) is 19.2. The molecular weight excluding hydrogens is 406 g/mol. The summed E-state index contributed by atoms with van der Waals surface area (Å²) in [5.41, 5.74) is 5.19. The Labute approximate surface area is 183 Å². The number of carbonyl (C=O) groups excluding carboxylic acids is 4. The van der Waals surface area contributed by atoms with Crippen LogP contribution in [-0.2, 0) is 24.0 Å². The van der Waals surface area contributed by atoms with Crippen LogP contribution in [-0.4, -0.2) is 65.4 Å². The van der Waals surface area contributed by atoms with E-state index in [-0.39, 0.29) is 31.2 Å². The summed E-state index contributed by atoms with van der Waals surface area (Å²) >= 11 is 0. The average Bonchev–Trinajstić information content (AvgIpc) is 2.65. The van der Waals surface area contributed by atoms with Crippen molar-refractivity contribution in [2.45, 2.75) is 78.6 Å². The van der Waals surface area contributed by atoms with Crippen LogP contribution in [0.3, 0.4) is 0 Å². The van der Waals surface area contributed by atoms with E-state index in [1.807, 2.05) is 27.7 Å². The third-order valence-corrected chi connectivity index (χ3v) is 4.37. The first kappa shape index (κ1) is 28.3. The van der Waals surface area contributed by atoms with Gasteiger partial charge in [-0.05, 0) is 38.5 Å². The summed E-state index contributed by atoms with van der Waals surface area (Å²) in [6.07, 6.45) is 0.539. The summed E-state index contributed by atoms with van der Waals surface area (Å²) in [6.45, 7) is 10.0. The molecule has 31 heavy (non-hydrogen) atoms. The second-order valence-electron chi connectivity index (χ2n) is 8.44. The van der Waals surface area contributed by atoms with Crippen LogP contribution in [0.15, 0.2) is 0 Å². The summed E-state index contributed by atoms with van der Waals surface area (Å²) in [6, 6.07) is -3.91. The lowest BCUT2D eigenvalue weighted by Gasteiger charge is -2.25. The Morgan fingerprint density at radius 1 is 0.677 bits per heavy atom. The second kappa shape index (κ2) is 13.6. The zero-order valence-corrected chi connectivity index (χ0v) is 19.2. The Hall–Kier alpha value is -2.69. The predicted octanol–water partition coefficient (Wildman–Crippen LogP) is -0.899. The van der Waals surface area contributed by atoms with E-state index in [9.17, 15) is 29.1 Å². The van der Waals surface area contributed by atoms with Crippen LogP contribution < -0.4 is 27.0 Å². The van der Waals surface area contributed by atoms with Gasteiger partial charge in [-0.1, -0.05) is 27.7 Å². The molecule has 11 heteroatoms. The van der Waals surface area contributed by atoms with Gasteiger partial charge >= 0.3 is 5.97 Å². The van der Waals surface area contributed by atoms with E-state index in [2.05, 4.69) is 21.3 Å². The molecule has 4 amide bonds. The van der Waals surface area contributed by atoms with Gasteiger partial charge in [0.25, 0.3) is 0 Å². The fourth-order valence-electron chi connectivity index (χ4n) is 2.73. The van der Waals surface area contributed by atoms with Crippen molar-refractivity contribution in [1.82, 2.24) is 21.3 Å². The molecule has 0 fully saturated rings. The lowest BCUT2D eigenvalue weighted by molar-refractivity contribution is -0.143. The first-order chi connectivity index (χ1) is 14.3. The largest absolute Gasteiger partial charge is 0.480 e. The highest BCUT2D eigenvalue weighted by atomic mass is 16.4. The van der Waals surface area contributed by atoms with Crippen LogP contribution in [0, 0.1) is 11.8 Å². The van der Waals surface area contributed by atoms with E-state index in [0.29, 0.717) is 0 Å². The van der Waals surface area contributed by atoms with E-state index in [0.717, 1.165) is 0 Å². The Balaban J connectivity index is 5.10.